The minimum absolute atomic E-state index is 0.0121. The van der Waals surface area contributed by atoms with Crippen molar-refractivity contribution in [1.82, 2.24) is 9.88 Å². The van der Waals surface area contributed by atoms with Gasteiger partial charge in [0.1, 0.15) is 5.03 Å². The van der Waals surface area contributed by atoms with E-state index >= 15 is 0 Å². The lowest BCUT2D eigenvalue weighted by Crippen LogP contribution is -2.42. The van der Waals surface area contributed by atoms with Gasteiger partial charge in [-0.3, -0.25) is 0 Å². The Bertz CT molecular complexity index is 1230. The molecule has 0 aliphatic heterocycles. The summed E-state index contributed by atoms with van der Waals surface area (Å²) in [6.45, 7) is 2.64. The number of hydrogen-bond donors (Lipinski definition) is 1. The highest BCUT2D eigenvalue weighted by Crippen LogP contribution is 2.38. The van der Waals surface area contributed by atoms with E-state index in [9.17, 15) is 4.79 Å². The second-order valence-electron chi connectivity index (χ2n) is 9.88. The van der Waals surface area contributed by atoms with Crippen LogP contribution in [-0.2, 0) is 13.0 Å². The number of pyridine rings is 1. The largest absolute Gasteiger partial charge is 0.322 e. The molecule has 0 bridgehead atoms. The van der Waals surface area contributed by atoms with Crippen molar-refractivity contribution < 1.29 is 4.79 Å². The van der Waals surface area contributed by atoms with Crippen LogP contribution in [0.25, 0.3) is 11.1 Å². The number of hydrogen-bond acceptors (Lipinski definition) is 4. The van der Waals surface area contributed by atoms with E-state index in [1.54, 1.807) is 23.5 Å². The molecule has 4 nitrogen and oxygen atoms in total. The van der Waals surface area contributed by atoms with Gasteiger partial charge in [0.15, 0.2) is 0 Å². The Morgan fingerprint density at radius 2 is 1.72 bits per heavy atom. The first kappa shape index (κ1) is 25.2. The van der Waals surface area contributed by atoms with E-state index in [2.05, 4.69) is 65.0 Å². The Kier molecular flexibility index (Phi) is 7.92. The summed E-state index contributed by atoms with van der Waals surface area (Å²) < 4.78 is 0. The van der Waals surface area contributed by atoms with Crippen LogP contribution in [0, 0.1) is 6.92 Å². The molecule has 1 heterocycles. The average molecular weight is 518 g/mol. The smallest absolute Gasteiger partial charge is 0.317 e. The van der Waals surface area contributed by atoms with E-state index in [-0.39, 0.29) is 12.1 Å². The summed E-state index contributed by atoms with van der Waals surface area (Å²) in [5.74, 6) is 0. The van der Waals surface area contributed by atoms with Crippen LogP contribution in [0.5, 0.6) is 0 Å². The second kappa shape index (κ2) is 11.3. The number of nitrogens with zero attached hydrogens (tertiary/aromatic N) is 2. The number of aryl methyl sites for hydroxylation is 1. The van der Waals surface area contributed by atoms with E-state index < -0.39 is 0 Å². The summed E-state index contributed by atoms with van der Waals surface area (Å²) in [6.07, 6.45) is 12.1. The van der Waals surface area contributed by atoms with Crippen LogP contribution >= 0.6 is 23.5 Å². The Morgan fingerprint density at radius 3 is 2.47 bits per heavy atom. The van der Waals surface area contributed by atoms with Crippen molar-refractivity contribution in [3.63, 3.8) is 0 Å². The Balaban J connectivity index is 1.43. The second-order valence-corrected chi connectivity index (χ2v) is 11.5. The van der Waals surface area contributed by atoms with Crippen LogP contribution in [0.3, 0.4) is 0 Å². The average Bonchev–Trinajstić information content (AvgIpc) is 3.05. The van der Waals surface area contributed by atoms with E-state index in [0.29, 0.717) is 6.54 Å². The maximum Gasteiger partial charge on any atom is 0.322 e. The lowest BCUT2D eigenvalue weighted by molar-refractivity contribution is 0.175. The standard InChI is InChI=1S/C30H35N3OS2/c1-20-16-27(35-2)28(29(31-20)36-3)32-30(34)33(24-11-6-4-5-7-12-24)19-21-14-15-26-23(17-21)18-22-10-8-9-13-25(22)26/h8-10,13-17,24H,4-7,11-12,18-19H2,1-3H3,(H,32,34). The normalized spacial score (nSPS) is 15.2. The molecule has 0 unspecified atom stereocenters. The molecule has 1 N–H and O–H groups in total. The molecule has 188 valence electrons. The molecular weight excluding hydrogens is 482 g/mol. The van der Waals surface area contributed by atoms with Crippen LogP contribution in [0.15, 0.2) is 58.5 Å². The fraction of sp³-hybridized carbons (Fsp3) is 0.400. The first-order valence-electron chi connectivity index (χ1n) is 12.9. The summed E-state index contributed by atoms with van der Waals surface area (Å²) in [5.41, 5.74) is 8.46. The lowest BCUT2D eigenvalue weighted by atomic mass is 10.0. The predicted octanol–water partition coefficient (Wildman–Crippen LogP) is 8.16. The van der Waals surface area contributed by atoms with Gasteiger partial charge in [-0.2, -0.15) is 0 Å². The van der Waals surface area contributed by atoms with E-state index in [4.69, 9.17) is 4.98 Å². The summed E-state index contributed by atoms with van der Waals surface area (Å²) in [7, 11) is 0. The van der Waals surface area contributed by atoms with Crippen molar-refractivity contribution in [2.24, 2.45) is 0 Å². The molecule has 36 heavy (non-hydrogen) atoms. The van der Waals surface area contributed by atoms with Crippen molar-refractivity contribution in [3.05, 3.63) is 70.9 Å². The molecule has 6 heteroatoms. The molecule has 0 radical (unpaired) electrons. The molecule has 0 atom stereocenters. The zero-order valence-corrected chi connectivity index (χ0v) is 23.1. The Hall–Kier alpha value is -2.44. The maximum absolute atomic E-state index is 13.9. The molecular formula is C30H35N3OS2. The van der Waals surface area contributed by atoms with E-state index in [1.165, 1.54) is 53.5 Å². The number of carbonyl (C=O) groups is 1. The van der Waals surface area contributed by atoms with Gasteiger partial charge in [0.25, 0.3) is 0 Å². The van der Waals surface area contributed by atoms with Crippen LogP contribution < -0.4 is 5.32 Å². The van der Waals surface area contributed by atoms with Crippen molar-refractivity contribution in [2.45, 2.75) is 74.4 Å². The molecule has 1 fully saturated rings. The third-order valence-electron chi connectivity index (χ3n) is 7.46. The number of nitrogens with one attached hydrogen (secondary N) is 1. The van der Waals surface area contributed by atoms with Crippen molar-refractivity contribution >= 4 is 35.2 Å². The van der Waals surface area contributed by atoms with Crippen LogP contribution in [-0.4, -0.2) is 34.5 Å². The van der Waals surface area contributed by atoms with Gasteiger partial charge < -0.3 is 10.2 Å². The van der Waals surface area contributed by atoms with Gasteiger partial charge in [-0.15, -0.1) is 23.5 Å². The van der Waals surface area contributed by atoms with Gasteiger partial charge >= 0.3 is 6.03 Å². The predicted molar refractivity (Wildman–Crippen MR) is 153 cm³/mol. The number of aromatic nitrogens is 1. The molecule has 2 amide bonds. The molecule has 0 saturated heterocycles. The van der Waals surface area contributed by atoms with Gasteiger partial charge in [-0.05, 0) is 72.6 Å². The van der Waals surface area contributed by atoms with E-state index in [0.717, 1.165) is 40.6 Å². The van der Waals surface area contributed by atoms with Crippen LogP contribution in [0.1, 0.15) is 60.9 Å². The minimum Gasteiger partial charge on any atom is -0.317 e. The first-order chi connectivity index (χ1) is 17.6. The minimum atomic E-state index is -0.0121. The Labute approximate surface area is 223 Å². The molecule has 3 aromatic rings. The number of amides is 2. The third-order valence-corrected chi connectivity index (χ3v) is 8.90. The van der Waals surface area contributed by atoms with E-state index in [1.807, 2.05) is 13.2 Å². The molecule has 5 rings (SSSR count). The van der Waals surface area contributed by atoms with Gasteiger partial charge in [0.2, 0.25) is 0 Å². The summed E-state index contributed by atoms with van der Waals surface area (Å²) in [6, 6.07) is 17.8. The first-order valence-corrected chi connectivity index (χ1v) is 15.4. The fourth-order valence-electron chi connectivity index (χ4n) is 5.65. The summed E-state index contributed by atoms with van der Waals surface area (Å²) in [4.78, 5) is 21.8. The highest BCUT2D eigenvalue weighted by Gasteiger charge is 2.27. The fourth-order valence-corrected chi connectivity index (χ4v) is 6.95. The zero-order valence-electron chi connectivity index (χ0n) is 21.5. The molecule has 0 spiro atoms. The zero-order chi connectivity index (χ0) is 25.1. The number of rotatable bonds is 6. The maximum atomic E-state index is 13.9. The lowest BCUT2D eigenvalue weighted by Gasteiger charge is -2.32. The molecule has 2 aliphatic carbocycles. The molecule has 2 aromatic carbocycles. The third kappa shape index (κ3) is 5.30. The van der Waals surface area contributed by atoms with Gasteiger partial charge in [-0.25, -0.2) is 9.78 Å². The van der Waals surface area contributed by atoms with Gasteiger partial charge in [0.05, 0.1) is 5.69 Å². The number of anilines is 1. The highest BCUT2D eigenvalue weighted by atomic mass is 32.2. The van der Waals surface area contributed by atoms with Crippen molar-refractivity contribution in [1.29, 1.82) is 0 Å². The number of benzene rings is 2. The molecule has 2 aliphatic rings. The van der Waals surface area contributed by atoms with Crippen LogP contribution in [0.2, 0.25) is 0 Å². The van der Waals surface area contributed by atoms with Crippen molar-refractivity contribution in [3.8, 4) is 11.1 Å². The summed E-state index contributed by atoms with van der Waals surface area (Å²) in [5, 5.41) is 4.17. The Morgan fingerprint density at radius 1 is 0.972 bits per heavy atom. The number of thioether (sulfide) groups is 2. The van der Waals surface area contributed by atoms with Crippen molar-refractivity contribution in [2.75, 3.05) is 17.8 Å². The number of carbonyl (C=O) groups excluding carboxylic acids is 1. The summed E-state index contributed by atoms with van der Waals surface area (Å²) >= 11 is 3.24. The van der Waals surface area contributed by atoms with Gasteiger partial charge in [-0.1, -0.05) is 68.1 Å². The number of fused-ring (bicyclic) bond motifs is 3. The molecule has 1 saturated carbocycles. The van der Waals surface area contributed by atoms with Gasteiger partial charge in [0, 0.05) is 23.2 Å². The SMILES string of the molecule is CSc1cc(C)nc(SC)c1NC(=O)N(Cc1ccc2c(c1)Cc1ccccc1-2)C1CCCCCC1. The topological polar surface area (TPSA) is 45.2 Å². The quantitative estimate of drug-likeness (QED) is 0.207. The monoisotopic (exact) mass is 517 g/mol. The number of urea groups is 1. The molecule has 1 aromatic heterocycles. The highest BCUT2D eigenvalue weighted by molar-refractivity contribution is 7.99. The van der Waals surface area contributed by atoms with Crippen LogP contribution in [0.4, 0.5) is 10.5 Å².